The second-order valence-corrected chi connectivity index (χ2v) is 14.9. The van der Waals surface area contributed by atoms with E-state index in [-0.39, 0.29) is 17.7 Å². The predicted molar refractivity (Wildman–Crippen MR) is 195 cm³/mol. The number of hydrogen-bond donors (Lipinski definition) is 3. The minimum atomic E-state index is -1.51. The standard InChI is InChI=1S/C39H48N4O5S/c1-7-8-9-10-11-22-48-30-18-16-27(17-19-30)29-24-40-34(41-25-29)28-14-12-26(13-15-28)23-31(35(44)43-39(5,6)37(46)47)42-36(45)32-20-21-33(49-32)38(2,3)4/h12-21,24-25,31H,7-11,22-23H2,1-6H3,(H,42,45)(H,43,44)(H,46,47)/t31-/m0/s1. The summed E-state index contributed by atoms with van der Waals surface area (Å²) in [4.78, 5) is 49.0. The quantitative estimate of drug-likeness (QED) is 0.103. The molecule has 0 saturated heterocycles. The number of ether oxygens (including phenoxy) is 1. The van der Waals surface area contributed by atoms with Gasteiger partial charge in [0.1, 0.15) is 17.3 Å². The Labute approximate surface area is 293 Å². The fourth-order valence-corrected chi connectivity index (χ4v) is 6.01. The molecule has 0 unspecified atom stereocenters. The van der Waals surface area contributed by atoms with Crippen LogP contribution >= 0.6 is 11.3 Å². The molecule has 2 amide bonds. The van der Waals surface area contributed by atoms with Crippen molar-refractivity contribution in [2.75, 3.05) is 6.61 Å². The average Bonchev–Trinajstić information content (AvgIpc) is 3.58. The van der Waals surface area contributed by atoms with Crippen molar-refractivity contribution in [3.05, 3.63) is 88.4 Å². The third kappa shape index (κ3) is 10.7. The number of amides is 2. The van der Waals surface area contributed by atoms with Gasteiger partial charge in [0.05, 0.1) is 11.5 Å². The molecule has 0 fully saturated rings. The van der Waals surface area contributed by atoms with Gasteiger partial charge in [-0.2, -0.15) is 0 Å². The highest BCUT2D eigenvalue weighted by molar-refractivity contribution is 7.14. The summed E-state index contributed by atoms with van der Waals surface area (Å²) >= 11 is 1.37. The largest absolute Gasteiger partial charge is 0.494 e. The number of nitrogens with one attached hydrogen (secondary N) is 2. The average molecular weight is 685 g/mol. The Morgan fingerprint density at radius 1 is 0.816 bits per heavy atom. The van der Waals surface area contributed by atoms with Gasteiger partial charge in [-0.05, 0) is 61.1 Å². The van der Waals surface area contributed by atoms with E-state index in [1.54, 1.807) is 18.5 Å². The van der Waals surface area contributed by atoms with E-state index in [1.807, 2.05) is 54.6 Å². The smallest absolute Gasteiger partial charge is 0.328 e. The number of aliphatic carboxylic acids is 1. The van der Waals surface area contributed by atoms with Gasteiger partial charge < -0.3 is 20.5 Å². The number of nitrogens with zero attached hydrogens (tertiary/aromatic N) is 2. The zero-order valence-corrected chi connectivity index (χ0v) is 30.2. The first-order valence-corrected chi connectivity index (χ1v) is 17.7. The van der Waals surface area contributed by atoms with Gasteiger partial charge in [0, 0.05) is 34.8 Å². The Hall–Kier alpha value is -4.57. The molecule has 260 valence electrons. The lowest BCUT2D eigenvalue weighted by Gasteiger charge is -2.25. The van der Waals surface area contributed by atoms with Crippen molar-refractivity contribution in [2.45, 2.75) is 97.1 Å². The molecule has 0 saturated carbocycles. The Bertz CT molecular complexity index is 1690. The van der Waals surface area contributed by atoms with Crippen LogP contribution in [0.15, 0.2) is 73.1 Å². The molecule has 2 aromatic carbocycles. The summed E-state index contributed by atoms with van der Waals surface area (Å²) in [5, 5.41) is 15.0. The zero-order valence-electron chi connectivity index (χ0n) is 29.3. The molecule has 4 aromatic rings. The van der Waals surface area contributed by atoms with Gasteiger partial charge in [-0.25, -0.2) is 14.8 Å². The van der Waals surface area contributed by atoms with Crippen LogP contribution in [0.4, 0.5) is 0 Å². The first-order chi connectivity index (χ1) is 23.3. The number of carbonyl (C=O) groups excluding carboxylic acids is 2. The van der Waals surface area contributed by atoms with Gasteiger partial charge in [0.2, 0.25) is 5.91 Å². The van der Waals surface area contributed by atoms with E-state index >= 15 is 0 Å². The molecule has 0 aliphatic rings. The van der Waals surface area contributed by atoms with Gasteiger partial charge in [0.15, 0.2) is 5.82 Å². The predicted octanol–water partition coefficient (Wildman–Crippen LogP) is 7.84. The molecule has 10 heteroatoms. The van der Waals surface area contributed by atoms with E-state index in [9.17, 15) is 19.5 Å². The lowest BCUT2D eigenvalue weighted by Crippen LogP contribution is -2.56. The van der Waals surface area contributed by atoms with Crippen LogP contribution < -0.4 is 15.4 Å². The maximum atomic E-state index is 13.3. The molecule has 0 aliphatic heterocycles. The monoisotopic (exact) mass is 684 g/mol. The van der Waals surface area contributed by atoms with Crippen LogP contribution in [0.1, 0.15) is 93.8 Å². The number of thiophene rings is 1. The molecule has 9 nitrogen and oxygen atoms in total. The number of aromatic nitrogens is 2. The first-order valence-electron chi connectivity index (χ1n) is 16.9. The summed E-state index contributed by atoms with van der Waals surface area (Å²) in [5.41, 5.74) is 1.82. The maximum absolute atomic E-state index is 13.3. The Morgan fingerprint density at radius 2 is 1.45 bits per heavy atom. The Morgan fingerprint density at radius 3 is 2.04 bits per heavy atom. The second kappa shape index (κ2) is 16.7. The number of rotatable bonds is 16. The second-order valence-electron chi connectivity index (χ2n) is 13.8. The van der Waals surface area contributed by atoms with Gasteiger partial charge in [-0.3, -0.25) is 9.59 Å². The van der Waals surface area contributed by atoms with E-state index in [0.29, 0.717) is 10.7 Å². The Balaban J connectivity index is 1.42. The topological polar surface area (TPSA) is 131 Å². The normalized spacial score (nSPS) is 12.3. The van der Waals surface area contributed by atoms with Gasteiger partial charge in [-0.15, -0.1) is 11.3 Å². The third-order valence-corrected chi connectivity index (χ3v) is 9.68. The highest BCUT2D eigenvalue weighted by Crippen LogP contribution is 2.30. The molecular formula is C39H48N4O5S. The number of benzene rings is 2. The minimum absolute atomic E-state index is 0.120. The van der Waals surface area contributed by atoms with Crippen LogP contribution in [-0.2, 0) is 21.4 Å². The zero-order chi connectivity index (χ0) is 35.6. The first kappa shape index (κ1) is 37.3. The number of unbranched alkanes of at least 4 members (excludes halogenated alkanes) is 4. The third-order valence-electron chi connectivity index (χ3n) is 8.17. The molecular weight excluding hydrogens is 637 g/mol. The van der Waals surface area contributed by atoms with Crippen LogP contribution in [0.25, 0.3) is 22.5 Å². The molecule has 49 heavy (non-hydrogen) atoms. The SMILES string of the molecule is CCCCCCCOc1ccc(-c2cnc(-c3ccc(C[C@H](NC(=O)c4ccc(C(C)(C)C)s4)C(=O)NC(C)(C)C(=O)O)cc3)nc2)cc1. The van der Waals surface area contributed by atoms with Crippen molar-refractivity contribution in [3.8, 4) is 28.3 Å². The van der Waals surface area contributed by atoms with E-state index < -0.39 is 23.5 Å². The van der Waals surface area contributed by atoms with Crippen LogP contribution in [0.2, 0.25) is 0 Å². The van der Waals surface area contributed by atoms with Crippen molar-refractivity contribution in [3.63, 3.8) is 0 Å². The van der Waals surface area contributed by atoms with Gasteiger partial charge in [-0.1, -0.05) is 89.8 Å². The van der Waals surface area contributed by atoms with E-state index in [2.05, 4.69) is 48.3 Å². The summed E-state index contributed by atoms with van der Waals surface area (Å²) in [6.45, 7) is 11.9. The van der Waals surface area contributed by atoms with Crippen molar-refractivity contribution >= 4 is 29.1 Å². The fraction of sp³-hybridized carbons (Fsp3) is 0.410. The highest BCUT2D eigenvalue weighted by atomic mass is 32.1. The van der Waals surface area contributed by atoms with Crippen molar-refractivity contribution in [1.82, 2.24) is 20.6 Å². The lowest BCUT2D eigenvalue weighted by atomic mass is 9.95. The molecule has 2 heterocycles. The molecule has 2 aromatic heterocycles. The van der Waals surface area contributed by atoms with Crippen LogP contribution in [-0.4, -0.2) is 51.0 Å². The molecule has 4 rings (SSSR count). The van der Waals surface area contributed by atoms with Crippen molar-refractivity contribution in [1.29, 1.82) is 0 Å². The number of carboxylic acid groups (broad SMARTS) is 1. The Kier molecular flexibility index (Phi) is 12.7. The number of carboxylic acids is 1. The van der Waals surface area contributed by atoms with E-state index in [1.165, 1.54) is 50.9 Å². The molecule has 0 aliphatic carbocycles. The maximum Gasteiger partial charge on any atom is 0.328 e. The van der Waals surface area contributed by atoms with Crippen molar-refractivity contribution in [2.24, 2.45) is 0 Å². The molecule has 1 atom stereocenters. The van der Waals surface area contributed by atoms with Gasteiger partial charge >= 0.3 is 5.97 Å². The number of hydrogen-bond acceptors (Lipinski definition) is 7. The minimum Gasteiger partial charge on any atom is -0.494 e. The van der Waals surface area contributed by atoms with Crippen molar-refractivity contribution < 1.29 is 24.2 Å². The molecule has 0 bridgehead atoms. The lowest BCUT2D eigenvalue weighted by molar-refractivity contribution is -0.146. The van der Waals surface area contributed by atoms with Crippen LogP contribution in [0.3, 0.4) is 0 Å². The summed E-state index contributed by atoms with van der Waals surface area (Å²) in [7, 11) is 0. The van der Waals surface area contributed by atoms with Gasteiger partial charge in [0.25, 0.3) is 5.91 Å². The van der Waals surface area contributed by atoms with E-state index in [0.717, 1.165) is 45.9 Å². The van der Waals surface area contributed by atoms with Crippen LogP contribution in [0.5, 0.6) is 5.75 Å². The molecule has 0 radical (unpaired) electrons. The summed E-state index contributed by atoms with van der Waals surface area (Å²) in [6, 6.07) is 18.0. The molecule has 0 spiro atoms. The summed E-state index contributed by atoms with van der Waals surface area (Å²) in [5.74, 6) is -0.749. The van der Waals surface area contributed by atoms with E-state index in [4.69, 9.17) is 4.74 Å². The molecule has 3 N–H and O–H groups in total. The summed E-state index contributed by atoms with van der Waals surface area (Å²) in [6.07, 6.45) is 9.74. The highest BCUT2D eigenvalue weighted by Gasteiger charge is 2.33. The fourth-order valence-electron chi connectivity index (χ4n) is 5.04. The van der Waals surface area contributed by atoms with Crippen LogP contribution in [0, 0.1) is 0 Å². The summed E-state index contributed by atoms with van der Waals surface area (Å²) < 4.78 is 5.89. The number of carbonyl (C=O) groups is 3.